The average Bonchev–Trinajstić information content (AvgIpc) is 2.88. The smallest absolute Gasteiger partial charge is 0.175 e. The van der Waals surface area contributed by atoms with Gasteiger partial charge in [0.15, 0.2) is 9.84 Å². The maximum Gasteiger partial charge on any atom is 0.175 e. The highest BCUT2D eigenvalue weighted by atomic mass is 35.5. The lowest BCUT2D eigenvalue weighted by atomic mass is 10.2. The lowest BCUT2D eigenvalue weighted by Crippen LogP contribution is -2.21. The van der Waals surface area contributed by atoms with E-state index in [0.717, 1.165) is 0 Å². The number of nitrogens with zero attached hydrogens (tertiary/aromatic N) is 3. The van der Waals surface area contributed by atoms with Gasteiger partial charge in [0.25, 0.3) is 0 Å². The molecule has 0 aliphatic carbocycles. The van der Waals surface area contributed by atoms with Gasteiger partial charge >= 0.3 is 0 Å². The molecule has 108 valence electrons. The van der Waals surface area contributed by atoms with Crippen molar-refractivity contribution in [1.29, 1.82) is 0 Å². The van der Waals surface area contributed by atoms with Gasteiger partial charge in [0.05, 0.1) is 17.6 Å². The predicted octanol–water partition coefficient (Wildman–Crippen LogP) is 1.12. The monoisotopic (exact) mass is 314 g/mol. The summed E-state index contributed by atoms with van der Waals surface area (Å²) in [6.07, 6.45) is 4.55. The molecule has 2 rings (SSSR count). The van der Waals surface area contributed by atoms with Crippen molar-refractivity contribution in [1.82, 2.24) is 20.3 Å². The van der Waals surface area contributed by atoms with Crippen LogP contribution in [0.1, 0.15) is 5.56 Å². The lowest BCUT2D eigenvalue weighted by Gasteiger charge is -2.11. The number of hydrogen-bond donors (Lipinski definition) is 1. The molecule has 0 fully saturated rings. The molecule has 2 aromatic rings. The maximum atomic E-state index is 11.7. The SMILES string of the molecule is CS(=O)(=O)c1cccc(Cl)c1CNCCn1ccnn1. The summed E-state index contributed by atoms with van der Waals surface area (Å²) in [6, 6.07) is 4.89. The van der Waals surface area contributed by atoms with Crippen LogP contribution in [0.15, 0.2) is 35.5 Å². The molecule has 1 N–H and O–H groups in total. The van der Waals surface area contributed by atoms with E-state index in [1.165, 1.54) is 6.26 Å². The summed E-state index contributed by atoms with van der Waals surface area (Å²) in [4.78, 5) is 0.262. The zero-order valence-electron chi connectivity index (χ0n) is 11.0. The number of nitrogens with one attached hydrogen (secondary N) is 1. The van der Waals surface area contributed by atoms with Crippen LogP contribution in [0, 0.1) is 0 Å². The Hall–Kier alpha value is -1.44. The number of benzene rings is 1. The van der Waals surface area contributed by atoms with Gasteiger partial charge in [-0.3, -0.25) is 4.68 Å². The second-order valence-electron chi connectivity index (χ2n) is 4.33. The number of rotatable bonds is 6. The summed E-state index contributed by atoms with van der Waals surface area (Å²) in [7, 11) is -3.29. The molecule has 0 aliphatic heterocycles. The first kappa shape index (κ1) is 15.0. The van der Waals surface area contributed by atoms with E-state index >= 15 is 0 Å². The van der Waals surface area contributed by atoms with Crippen molar-refractivity contribution in [3.63, 3.8) is 0 Å². The quantitative estimate of drug-likeness (QED) is 0.809. The van der Waals surface area contributed by atoms with Crippen LogP contribution in [-0.4, -0.2) is 36.2 Å². The number of sulfone groups is 1. The minimum Gasteiger partial charge on any atom is -0.311 e. The highest BCUT2D eigenvalue weighted by Gasteiger charge is 2.15. The molecule has 0 aliphatic rings. The molecule has 0 unspecified atom stereocenters. The summed E-state index contributed by atoms with van der Waals surface area (Å²) in [5, 5.41) is 11.1. The highest BCUT2D eigenvalue weighted by molar-refractivity contribution is 7.90. The van der Waals surface area contributed by atoms with Crippen LogP contribution in [0.3, 0.4) is 0 Å². The van der Waals surface area contributed by atoms with Crippen molar-refractivity contribution in [2.75, 3.05) is 12.8 Å². The Morgan fingerprint density at radius 2 is 2.20 bits per heavy atom. The van der Waals surface area contributed by atoms with Gasteiger partial charge in [0.2, 0.25) is 0 Å². The Morgan fingerprint density at radius 3 is 2.85 bits per heavy atom. The largest absolute Gasteiger partial charge is 0.311 e. The lowest BCUT2D eigenvalue weighted by molar-refractivity contribution is 0.537. The van der Waals surface area contributed by atoms with E-state index < -0.39 is 9.84 Å². The Balaban J connectivity index is 2.02. The van der Waals surface area contributed by atoms with Crippen LogP contribution >= 0.6 is 11.6 Å². The number of aromatic nitrogens is 3. The van der Waals surface area contributed by atoms with E-state index in [0.29, 0.717) is 30.2 Å². The maximum absolute atomic E-state index is 11.7. The molecule has 1 aromatic heterocycles. The molecular weight excluding hydrogens is 300 g/mol. The van der Waals surface area contributed by atoms with Crippen LogP contribution in [0.2, 0.25) is 5.02 Å². The molecule has 0 atom stereocenters. The standard InChI is InChI=1S/C12H15ClN4O2S/c1-20(18,19)12-4-2-3-11(13)10(12)9-14-5-7-17-8-6-15-16-17/h2-4,6,8,14H,5,7,9H2,1H3. The third-order valence-electron chi connectivity index (χ3n) is 2.77. The minimum atomic E-state index is -3.29. The van der Waals surface area contributed by atoms with E-state index in [-0.39, 0.29) is 4.90 Å². The Labute approximate surface area is 122 Å². The van der Waals surface area contributed by atoms with Gasteiger partial charge in [-0.05, 0) is 12.1 Å². The normalized spacial score (nSPS) is 11.7. The Kier molecular flexibility index (Phi) is 4.74. The van der Waals surface area contributed by atoms with Gasteiger partial charge < -0.3 is 5.32 Å². The molecule has 1 heterocycles. The molecule has 0 amide bonds. The van der Waals surface area contributed by atoms with Gasteiger partial charge in [0, 0.05) is 36.1 Å². The minimum absolute atomic E-state index is 0.262. The summed E-state index contributed by atoms with van der Waals surface area (Å²) < 4.78 is 25.1. The zero-order chi connectivity index (χ0) is 14.6. The van der Waals surface area contributed by atoms with Crippen LogP contribution in [0.25, 0.3) is 0 Å². The third-order valence-corrected chi connectivity index (χ3v) is 4.30. The van der Waals surface area contributed by atoms with Gasteiger partial charge in [-0.2, -0.15) is 0 Å². The average molecular weight is 315 g/mol. The van der Waals surface area contributed by atoms with Crippen molar-refractivity contribution in [3.05, 3.63) is 41.2 Å². The Bertz CT molecular complexity index is 671. The van der Waals surface area contributed by atoms with Gasteiger partial charge in [0.1, 0.15) is 0 Å². The van der Waals surface area contributed by atoms with Gasteiger partial charge in [-0.25, -0.2) is 8.42 Å². The van der Waals surface area contributed by atoms with Crippen LogP contribution in [0.4, 0.5) is 0 Å². The predicted molar refractivity (Wildman–Crippen MR) is 76.3 cm³/mol. The van der Waals surface area contributed by atoms with E-state index in [2.05, 4.69) is 15.6 Å². The molecular formula is C12H15ClN4O2S. The third kappa shape index (κ3) is 3.78. The molecule has 0 spiro atoms. The van der Waals surface area contributed by atoms with Crippen molar-refractivity contribution >= 4 is 21.4 Å². The van der Waals surface area contributed by atoms with E-state index in [4.69, 9.17) is 11.6 Å². The van der Waals surface area contributed by atoms with E-state index in [1.807, 2.05) is 0 Å². The van der Waals surface area contributed by atoms with Gasteiger partial charge in [-0.1, -0.05) is 22.9 Å². The summed E-state index contributed by atoms with van der Waals surface area (Å²) >= 11 is 6.08. The molecule has 6 nitrogen and oxygen atoms in total. The van der Waals surface area contributed by atoms with Crippen LogP contribution < -0.4 is 5.32 Å². The fraction of sp³-hybridized carbons (Fsp3) is 0.333. The number of hydrogen-bond acceptors (Lipinski definition) is 5. The van der Waals surface area contributed by atoms with Crippen LogP contribution in [-0.2, 0) is 22.9 Å². The first-order chi connectivity index (χ1) is 9.48. The first-order valence-corrected chi connectivity index (χ1v) is 8.27. The van der Waals surface area contributed by atoms with E-state index in [9.17, 15) is 8.42 Å². The molecule has 0 bridgehead atoms. The highest BCUT2D eigenvalue weighted by Crippen LogP contribution is 2.23. The van der Waals surface area contributed by atoms with Crippen molar-refractivity contribution in [2.45, 2.75) is 18.0 Å². The van der Waals surface area contributed by atoms with Gasteiger partial charge in [-0.15, -0.1) is 5.10 Å². The second kappa shape index (κ2) is 6.34. The zero-order valence-corrected chi connectivity index (χ0v) is 12.5. The summed E-state index contributed by atoms with van der Waals surface area (Å²) in [5.41, 5.74) is 0.593. The molecule has 1 aromatic carbocycles. The topological polar surface area (TPSA) is 76.9 Å². The summed E-state index contributed by atoms with van der Waals surface area (Å²) in [5.74, 6) is 0. The molecule has 0 saturated carbocycles. The first-order valence-electron chi connectivity index (χ1n) is 6.01. The molecule has 20 heavy (non-hydrogen) atoms. The molecule has 0 radical (unpaired) electrons. The molecule has 0 saturated heterocycles. The van der Waals surface area contributed by atoms with E-state index in [1.54, 1.807) is 35.3 Å². The number of halogens is 1. The van der Waals surface area contributed by atoms with Crippen molar-refractivity contribution < 1.29 is 8.42 Å². The van der Waals surface area contributed by atoms with Crippen molar-refractivity contribution in [3.8, 4) is 0 Å². The fourth-order valence-electron chi connectivity index (χ4n) is 1.82. The van der Waals surface area contributed by atoms with Crippen molar-refractivity contribution in [2.24, 2.45) is 0 Å². The summed E-state index contributed by atoms with van der Waals surface area (Å²) in [6.45, 7) is 1.67. The molecule has 8 heteroatoms. The second-order valence-corrected chi connectivity index (χ2v) is 6.72. The fourth-order valence-corrected chi connectivity index (χ4v) is 3.07. The Morgan fingerprint density at radius 1 is 1.40 bits per heavy atom. The van der Waals surface area contributed by atoms with Crippen LogP contribution in [0.5, 0.6) is 0 Å².